The SMILES string of the molecule is CC(Cc1ccc(F)cc1)C(=O)N1CCC(c2nccs2)CC1. The van der Waals surface area contributed by atoms with Crippen LogP contribution in [0.4, 0.5) is 4.39 Å². The number of amides is 1. The molecule has 0 aliphatic carbocycles. The minimum Gasteiger partial charge on any atom is -0.342 e. The van der Waals surface area contributed by atoms with Gasteiger partial charge in [0.15, 0.2) is 0 Å². The van der Waals surface area contributed by atoms with Gasteiger partial charge in [0.05, 0.1) is 5.01 Å². The van der Waals surface area contributed by atoms with Crippen molar-refractivity contribution in [1.29, 1.82) is 0 Å². The molecule has 0 spiro atoms. The van der Waals surface area contributed by atoms with E-state index in [2.05, 4.69) is 4.98 Å². The molecule has 1 atom stereocenters. The van der Waals surface area contributed by atoms with Crippen LogP contribution in [0.1, 0.15) is 36.3 Å². The Morgan fingerprint density at radius 1 is 1.35 bits per heavy atom. The molecule has 1 aliphatic heterocycles. The molecule has 1 unspecified atom stereocenters. The van der Waals surface area contributed by atoms with Gasteiger partial charge in [-0.15, -0.1) is 11.3 Å². The van der Waals surface area contributed by atoms with E-state index in [0.717, 1.165) is 31.5 Å². The molecule has 2 aromatic rings. The van der Waals surface area contributed by atoms with Gasteiger partial charge in [-0.25, -0.2) is 9.37 Å². The third-order valence-corrected chi connectivity index (χ3v) is 5.42. The van der Waals surface area contributed by atoms with E-state index in [9.17, 15) is 9.18 Å². The molecular weight excluding hydrogens is 311 g/mol. The zero-order valence-corrected chi connectivity index (χ0v) is 14.1. The van der Waals surface area contributed by atoms with E-state index in [0.29, 0.717) is 12.3 Å². The number of halogens is 1. The van der Waals surface area contributed by atoms with Gasteiger partial charge in [-0.3, -0.25) is 4.79 Å². The molecule has 122 valence electrons. The highest BCUT2D eigenvalue weighted by Crippen LogP contribution is 2.30. The number of rotatable bonds is 4. The lowest BCUT2D eigenvalue weighted by molar-refractivity contribution is -0.136. The van der Waals surface area contributed by atoms with E-state index in [1.165, 1.54) is 17.1 Å². The van der Waals surface area contributed by atoms with Crippen LogP contribution in [0.5, 0.6) is 0 Å². The first-order valence-electron chi connectivity index (χ1n) is 8.06. The summed E-state index contributed by atoms with van der Waals surface area (Å²) in [6.45, 7) is 3.56. The Hall–Kier alpha value is -1.75. The maximum atomic E-state index is 12.9. The van der Waals surface area contributed by atoms with Crippen LogP contribution in [0.15, 0.2) is 35.8 Å². The van der Waals surface area contributed by atoms with Gasteiger partial charge in [0, 0.05) is 36.5 Å². The van der Waals surface area contributed by atoms with Crippen molar-refractivity contribution >= 4 is 17.2 Å². The second-order valence-electron chi connectivity index (χ2n) is 6.20. The molecule has 1 aromatic heterocycles. The molecule has 2 heterocycles. The Labute approximate surface area is 140 Å². The molecule has 1 saturated heterocycles. The topological polar surface area (TPSA) is 33.2 Å². The van der Waals surface area contributed by atoms with E-state index >= 15 is 0 Å². The normalized spacial score (nSPS) is 17.2. The van der Waals surface area contributed by atoms with Gasteiger partial charge in [0.2, 0.25) is 5.91 Å². The second-order valence-corrected chi connectivity index (χ2v) is 7.13. The predicted octanol–water partition coefficient (Wildman–Crippen LogP) is 3.87. The van der Waals surface area contributed by atoms with E-state index in [1.807, 2.05) is 23.4 Å². The predicted molar refractivity (Wildman–Crippen MR) is 89.9 cm³/mol. The number of carbonyl (C=O) groups is 1. The summed E-state index contributed by atoms with van der Waals surface area (Å²) in [5.41, 5.74) is 1.00. The van der Waals surface area contributed by atoms with Gasteiger partial charge in [-0.2, -0.15) is 0 Å². The monoisotopic (exact) mass is 332 g/mol. The first-order valence-corrected chi connectivity index (χ1v) is 8.94. The first-order chi connectivity index (χ1) is 11.1. The van der Waals surface area contributed by atoms with Crippen LogP contribution < -0.4 is 0 Å². The van der Waals surface area contributed by atoms with Crippen LogP contribution in [-0.4, -0.2) is 28.9 Å². The number of piperidine rings is 1. The minimum atomic E-state index is -0.239. The Morgan fingerprint density at radius 2 is 2.04 bits per heavy atom. The lowest BCUT2D eigenvalue weighted by atomic mass is 9.94. The van der Waals surface area contributed by atoms with E-state index in [4.69, 9.17) is 0 Å². The maximum absolute atomic E-state index is 12.9. The summed E-state index contributed by atoms with van der Waals surface area (Å²) < 4.78 is 12.9. The minimum absolute atomic E-state index is 0.0723. The number of nitrogens with zero attached hydrogens (tertiary/aromatic N) is 2. The standard InChI is InChI=1S/C18H21FN2OS/c1-13(12-14-2-4-16(19)5-3-14)18(22)21-9-6-15(7-10-21)17-20-8-11-23-17/h2-5,8,11,13,15H,6-7,9-10,12H2,1H3. The van der Waals surface area contributed by atoms with Crippen LogP contribution in [0.3, 0.4) is 0 Å². The van der Waals surface area contributed by atoms with Crippen LogP contribution >= 0.6 is 11.3 Å². The average Bonchev–Trinajstić information content (AvgIpc) is 3.11. The molecule has 0 radical (unpaired) electrons. The molecule has 1 aliphatic rings. The molecular formula is C18H21FN2OS. The molecule has 1 amide bonds. The lowest BCUT2D eigenvalue weighted by Gasteiger charge is -2.33. The maximum Gasteiger partial charge on any atom is 0.225 e. The summed E-state index contributed by atoms with van der Waals surface area (Å²) in [5.74, 6) is 0.382. The van der Waals surface area contributed by atoms with Gasteiger partial charge in [-0.05, 0) is 37.0 Å². The fraction of sp³-hybridized carbons (Fsp3) is 0.444. The molecule has 0 N–H and O–H groups in total. The third-order valence-electron chi connectivity index (χ3n) is 4.48. The molecule has 3 nitrogen and oxygen atoms in total. The fourth-order valence-electron chi connectivity index (χ4n) is 3.16. The molecule has 5 heteroatoms. The zero-order valence-electron chi connectivity index (χ0n) is 13.2. The number of hydrogen-bond donors (Lipinski definition) is 0. The summed E-state index contributed by atoms with van der Waals surface area (Å²) in [6, 6.07) is 6.42. The molecule has 1 fully saturated rings. The largest absolute Gasteiger partial charge is 0.342 e. The highest BCUT2D eigenvalue weighted by molar-refractivity contribution is 7.09. The smallest absolute Gasteiger partial charge is 0.225 e. The van der Waals surface area contributed by atoms with Gasteiger partial charge in [0.25, 0.3) is 0 Å². The van der Waals surface area contributed by atoms with Crippen LogP contribution in [0, 0.1) is 11.7 Å². The summed E-state index contributed by atoms with van der Waals surface area (Å²) in [5, 5.41) is 3.20. The van der Waals surface area contributed by atoms with Gasteiger partial charge >= 0.3 is 0 Å². The number of likely N-dealkylation sites (tertiary alicyclic amines) is 1. The van der Waals surface area contributed by atoms with Crippen molar-refractivity contribution in [1.82, 2.24) is 9.88 Å². The summed E-state index contributed by atoms with van der Waals surface area (Å²) in [4.78, 5) is 19.0. The zero-order chi connectivity index (χ0) is 16.2. The highest BCUT2D eigenvalue weighted by atomic mass is 32.1. The van der Waals surface area contributed by atoms with E-state index in [-0.39, 0.29) is 17.6 Å². The number of thiazole rings is 1. The summed E-state index contributed by atoms with van der Waals surface area (Å²) in [6.07, 6.45) is 4.48. The lowest BCUT2D eigenvalue weighted by Crippen LogP contribution is -2.41. The average molecular weight is 332 g/mol. The number of carbonyl (C=O) groups excluding carboxylic acids is 1. The number of benzene rings is 1. The Morgan fingerprint density at radius 3 is 2.65 bits per heavy atom. The number of aromatic nitrogens is 1. The van der Waals surface area contributed by atoms with Crippen molar-refractivity contribution in [2.45, 2.75) is 32.1 Å². The van der Waals surface area contributed by atoms with Crippen molar-refractivity contribution in [3.05, 3.63) is 52.2 Å². The first kappa shape index (κ1) is 16.1. The highest BCUT2D eigenvalue weighted by Gasteiger charge is 2.27. The second kappa shape index (κ2) is 7.21. The van der Waals surface area contributed by atoms with Gasteiger partial charge in [-0.1, -0.05) is 19.1 Å². The van der Waals surface area contributed by atoms with Crippen molar-refractivity contribution < 1.29 is 9.18 Å². The molecule has 1 aromatic carbocycles. The molecule has 3 rings (SSSR count). The molecule has 23 heavy (non-hydrogen) atoms. The van der Waals surface area contributed by atoms with E-state index in [1.54, 1.807) is 23.5 Å². The fourth-order valence-corrected chi connectivity index (χ4v) is 3.97. The Balaban J connectivity index is 1.53. The van der Waals surface area contributed by atoms with E-state index < -0.39 is 0 Å². The van der Waals surface area contributed by atoms with Gasteiger partial charge in [0.1, 0.15) is 5.82 Å². The Bertz CT molecular complexity index is 634. The molecule has 0 saturated carbocycles. The third kappa shape index (κ3) is 3.96. The molecule has 0 bridgehead atoms. The summed E-state index contributed by atoms with van der Waals surface area (Å²) in [7, 11) is 0. The van der Waals surface area contributed by atoms with Crippen LogP contribution in [-0.2, 0) is 11.2 Å². The van der Waals surface area contributed by atoms with Gasteiger partial charge < -0.3 is 4.90 Å². The number of hydrogen-bond acceptors (Lipinski definition) is 3. The van der Waals surface area contributed by atoms with Crippen LogP contribution in [0.2, 0.25) is 0 Å². The Kier molecular flexibility index (Phi) is 5.06. The quantitative estimate of drug-likeness (QED) is 0.851. The van der Waals surface area contributed by atoms with Crippen molar-refractivity contribution in [3.63, 3.8) is 0 Å². The van der Waals surface area contributed by atoms with Crippen LogP contribution in [0.25, 0.3) is 0 Å². The summed E-state index contributed by atoms with van der Waals surface area (Å²) >= 11 is 1.70. The van der Waals surface area contributed by atoms with Crippen molar-refractivity contribution in [2.75, 3.05) is 13.1 Å². The van der Waals surface area contributed by atoms with Crippen molar-refractivity contribution in [2.24, 2.45) is 5.92 Å². The van der Waals surface area contributed by atoms with Crippen molar-refractivity contribution in [3.8, 4) is 0 Å².